The Morgan fingerprint density at radius 2 is 1.57 bits per heavy atom. The van der Waals surface area contributed by atoms with E-state index in [4.69, 9.17) is 0 Å². The van der Waals surface area contributed by atoms with Crippen molar-refractivity contribution in [2.45, 2.75) is 26.2 Å². The molecule has 0 aromatic heterocycles. The van der Waals surface area contributed by atoms with Crippen LogP contribution in [0.3, 0.4) is 0 Å². The van der Waals surface area contributed by atoms with Crippen molar-refractivity contribution in [3.05, 3.63) is 23.8 Å². The van der Waals surface area contributed by atoms with Gasteiger partial charge in [0, 0.05) is 5.56 Å². The van der Waals surface area contributed by atoms with Crippen LogP contribution in [0.15, 0.2) is 18.2 Å². The summed E-state index contributed by atoms with van der Waals surface area (Å²) in [6, 6.07) is 4.58. The number of hydrogen-bond donors (Lipinski definition) is 2. The number of phenolic OH excluding ortho intramolecular Hbond substituents is 2. The van der Waals surface area contributed by atoms with E-state index in [1.165, 1.54) is 12.1 Å². The number of rotatable bonds is 0. The van der Waals surface area contributed by atoms with Crippen molar-refractivity contribution >= 4 is 0 Å². The van der Waals surface area contributed by atoms with Gasteiger partial charge >= 0.3 is 59.1 Å². The fourth-order valence-corrected chi connectivity index (χ4v) is 1.12. The molecule has 0 aliphatic heterocycles. The standard InChI is InChI=1S/C10H14O2.2Na.2H/c1-10(2,3)8-6-7(11)4-5-9(8)12;;;;/h4-6,11-12H,1-3H3;;;;/q;2*+1;2*-1. The normalized spacial score (nSPS) is 9.93. The Balaban J connectivity index is -0.000000180. The predicted octanol–water partition coefficient (Wildman–Crippen LogP) is -3.37. The number of benzene rings is 1. The van der Waals surface area contributed by atoms with E-state index in [1.54, 1.807) is 6.07 Å². The smallest absolute Gasteiger partial charge is 1.00 e. The van der Waals surface area contributed by atoms with Crippen LogP contribution in [0.5, 0.6) is 11.5 Å². The summed E-state index contributed by atoms with van der Waals surface area (Å²) in [4.78, 5) is 0. The Morgan fingerprint density at radius 1 is 1.07 bits per heavy atom. The molecule has 0 fully saturated rings. The van der Waals surface area contributed by atoms with Crippen molar-refractivity contribution in [3.63, 3.8) is 0 Å². The summed E-state index contributed by atoms with van der Waals surface area (Å²) in [5, 5.41) is 18.6. The molecule has 1 aromatic carbocycles. The Hall–Kier alpha value is 0.820. The molecule has 0 amide bonds. The van der Waals surface area contributed by atoms with E-state index in [9.17, 15) is 10.2 Å². The Bertz CT molecular complexity index is 301. The molecule has 0 aliphatic rings. The number of hydrogen-bond acceptors (Lipinski definition) is 2. The molecular weight excluding hydrogens is 198 g/mol. The minimum absolute atomic E-state index is 0. The fourth-order valence-electron chi connectivity index (χ4n) is 1.12. The van der Waals surface area contributed by atoms with E-state index in [1.807, 2.05) is 20.8 Å². The van der Waals surface area contributed by atoms with Crippen molar-refractivity contribution < 1.29 is 72.2 Å². The molecule has 0 saturated heterocycles. The van der Waals surface area contributed by atoms with Crippen LogP contribution in [0.4, 0.5) is 0 Å². The largest absolute Gasteiger partial charge is 1.00 e. The van der Waals surface area contributed by atoms with Crippen LogP contribution in [-0.4, -0.2) is 10.2 Å². The molecule has 2 nitrogen and oxygen atoms in total. The van der Waals surface area contributed by atoms with Gasteiger partial charge in [-0.05, 0) is 23.6 Å². The van der Waals surface area contributed by atoms with Crippen molar-refractivity contribution in [2.24, 2.45) is 0 Å². The minimum atomic E-state index is -0.136. The molecular formula is C10H16Na2O2. The maximum atomic E-state index is 9.46. The molecule has 0 unspecified atom stereocenters. The monoisotopic (exact) mass is 214 g/mol. The Morgan fingerprint density at radius 3 is 1.93 bits per heavy atom. The summed E-state index contributed by atoms with van der Waals surface area (Å²) in [5.74, 6) is 0.429. The van der Waals surface area contributed by atoms with Crippen LogP contribution in [0.1, 0.15) is 29.2 Å². The van der Waals surface area contributed by atoms with Crippen LogP contribution >= 0.6 is 0 Å². The van der Waals surface area contributed by atoms with Crippen molar-refractivity contribution in [1.82, 2.24) is 0 Å². The average Bonchev–Trinajstić information content (AvgIpc) is 1.92. The van der Waals surface area contributed by atoms with E-state index in [-0.39, 0.29) is 78.9 Å². The average molecular weight is 214 g/mol. The molecule has 0 atom stereocenters. The summed E-state index contributed by atoms with van der Waals surface area (Å²) in [6.45, 7) is 5.96. The maximum Gasteiger partial charge on any atom is 1.00 e. The summed E-state index contributed by atoms with van der Waals surface area (Å²) in [7, 11) is 0. The Labute approximate surface area is 132 Å². The molecule has 2 N–H and O–H groups in total. The molecule has 14 heavy (non-hydrogen) atoms. The second kappa shape index (κ2) is 6.41. The zero-order valence-electron chi connectivity index (χ0n) is 11.6. The molecule has 0 bridgehead atoms. The molecule has 0 saturated carbocycles. The third-order valence-corrected chi connectivity index (χ3v) is 1.79. The zero-order valence-corrected chi connectivity index (χ0v) is 13.6. The van der Waals surface area contributed by atoms with Gasteiger partial charge in [-0.1, -0.05) is 20.8 Å². The van der Waals surface area contributed by atoms with Gasteiger partial charge in [0.05, 0.1) is 0 Å². The topological polar surface area (TPSA) is 40.5 Å². The van der Waals surface area contributed by atoms with Gasteiger partial charge in [-0.25, -0.2) is 0 Å². The van der Waals surface area contributed by atoms with Crippen molar-refractivity contribution in [3.8, 4) is 11.5 Å². The zero-order chi connectivity index (χ0) is 9.35. The first-order chi connectivity index (χ1) is 5.41. The maximum absolute atomic E-state index is 9.46. The van der Waals surface area contributed by atoms with E-state index in [2.05, 4.69) is 0 Å². The van der Waals surface area contributed by atoms with Gasteiger partial charge in [0.15, 0.2) is 0 Å². The number of phenols is 2. The molecule has 0 aliphatic carbocycles. The van der Waals surface area contributed by atoms with Gasteiger partial charge in [-0.15, -0.1) is 0 Å². The second-order valence-corrected chi connectivity index (χ2v) is 3.95. The molecule has 0 spiro atoms. The van der Waals surface area contributed by atoms with Gasteiger partial charge in [0.25, 0.3) is 0 Å². The minimum Gasteiger partial charge on any atom is -1.00 e. The molecule has 1 aromatic rings. The third-order valence-electron chi connectivity index (χ3n) is 1.79. The van der Waals surface area contributed by atoms with Crippen LogP contribution in [0.25, 0.3) is 0 Å². The van der Waals surface area contributed by atoms with Crippen LogP contribution in [-0.2, 0) is 5.41 Å². The van der Waals surface area contributed by atoms with E-state index >= 15 is 0 Å². The SMILES string of the molecule is CC(C)(C)c1cc(O)ccc1O.[H-].[H-].[Na+].[Na+]. The summed E-state index contributed by atoms with van der Waals surface area (Å²) in [5.41, 5.74) is 0.630. The van der Waals surface area contributed by atoms with E-state index in [0.29, 0.717) is 0 Å². The van der Waals surface area contributed by atoms with Crippen LogP contribution in [0.2, 0.25) is 0 Å². The van der Waals surface area contributed by atoms with Crippen molar-refractivity contribution in [2.75, 3.05) is 0 Å². The first-order valence-electron chi connectivity index (χ1n) is 3.94. The summed E-state index contributed by atoms with van der Waals surface area (Å²) in [6.07, 6.45) is 0. The summed E-state index contributed by atoms with van der Waals surface area (Å²) < 4.78 is 0. The van der Waals surface area contributed by atoms with Crippen molar-refractivity contribution in [1.29, 1.82) is 0 Å². The molecule has 0 radical (unpaired) electrons. The van der Waals surface area contributed by atoms with Gasteiger partial charge in [-0.2, -0.15) is 0 Å². The van der Waals surface area contributed by atoms with Crippen LogP contribution in [0, 0.1) is 0 Å². The van der Waals surface area contributed by atoms with Gasteiger partial charge in [0.2, 0.25) is 0 Å². The molecule has 1 rings (SSSR count). The number of aromatic hydroxyl groups is 2. The fraction of sp³-hybridized carbons (Fsp3) is 0.400. The predicted molar refractivity (Wildman–Crippen MR) is 50.7 cm³/mol. The molecule has 70 valence electrons. The summed E-state index contributed by atoms with van der Waals surface area (Å²) >= 11 is 0. The quantitative estimate of drug-likeness (QED) is 0.349. The van der Waals surface area contributed by atoms with Gasteiger partial charge in [0.1, 0.15) is 11.5 Å². The second-order valence-electron chi connectivity index (χ2n) is 3.95. The van der Waals surface area contributed by atoms with Gasteiger partial charge in [-0.3, -0.25) is 0 Å². The first-order valence-corrected chi connectivity index (χ1v) is 3.94. The molecule has 4 heteroatoms. The van der Waals surface area contributed by atoms with Crippen LogP contribution < -0.4 is 59.1 Å². The Kier molecular flexibility index (Phi) is 7.89. The van der Waals surface area contributed by atoms with Gasteiger partial charge < -0.3 is 13.1 Å². The van der Waals surface area contributed by atoms with E-state index in [0.717, 1.165) is 5.56 Å². The third kappa shape index (κ3) is 4.56. The first kappa shape index (κ1) is 17.2. The van der Waals surface area contributed by atoms with E-state index < -0.39 is 0 Å². The molecule has 0 heterocycles.